The Hall–Kier alpha value is -3.11. The quantitative estimate of drug-likeness (QED) is 0.227. The smallest absolute Gasteiger partial charge is 0.266 e. The molecule has 0 aliphatic carbocycles. The number of hydrogen-bond donors (Lipinski definition) is 1. The molecule has 4 nitrogen and oxygen atoms in total. The van der Waals surface area contributed by atoms with Crippen LogP contribution in [-0.2, 0) is 11.2 Å². The number of nitrogens with one attached hydrogen (secondary N) is 1. The third-order valence-corrected chi connectivity index (χ3v) is 6.09. The van der Waals surface area contributed by atoms with Crippen LogP contribution in [0.5, 0.6) is 5.75 Å². The van der Waals surface area contributed by atoms with Gasteiger partial charge in [0.25, 0.3) is 5.91 Å². The predicted molar refractivity (Wildman–Crippen MR) is 138 cm³/mol. The Bertz CT molecular complexity index is 1220. The van der Waals surface area contributed by atoms with Crippen molar-refractivity contribution in [2.45, 2.75) is 27.2 Å². The van der Waals surface area contributed by atoms with Gasteiger partial charge in [0.05, 0.1) is 7.11 Å². The highest BCUT2D eigenvalue weighted by atomic mass is 127. The summed E-state index contributed by atoms with van der Waals surface area (Å²) in [6.07, 6.45) is 2.34. The average molecular weight is 536 g/mol. The van der Waals surface area contributed by atoms with Crippen LogP contribution in [-0.4, -0.2) is 13.0 Å². The average Bonchev–Trinajstić information content (AvgIpc) is 2.74. The van der Waals surface area contributed by atoms with Crippen molar-refractivity contribution in [1.82, 2.24) is 0 Å². The SMILES string of the molecule is COc1cc(/C=C(\C#N)C(=O)Nc2ccccc2C)cc(I)c1Cc1cc(C)cc(C)c1. The van der Waals surface area contributed by atoms with Crippen molar-refractivity contribution >= 4 is 40.3 Å². The highest BCUT2D eigenvalue weighted by molar-refractivity contribution is 14.1. The van der Waals surface area contributed by atoms with E-state index in [1.54, 1.807) is 13.2 Å². The number of carbonyl (C=O) groups excluding carboxylic acids is 1. The van der Waals surface area contributed by atoms with Gasteiger partial charge in [0.2, 0.25) is 0 Å². The van der Waals surface area contributed by atoms with E-state index in [0.717, 1.165) is 32.4 Å². The lowest BCUT2D eigenvalue weighted by Crippen LogP contribution is -2.14. The predicted octanol–water partition coefficient (Wildman–Crippen LogP) is 6.36. The van der Waals surface area contributed by atoms with Gasteiger partial charge in [0, 0.05) is 21.2 Å². The molecule has 0 fully saturated rings. The third-order valence-electron chi connectivity index (χ3n) is 5.13. The second-order valence-corrected chi connectivity index (χ2v) is 8.96. The molecule has 32 heavy (non-hydrogen) atoms. The van der Waals surface area contributed by atoms with Crippen molar-refractivity contribution in [3.63, 3.8) is 0 Å². The molecule has 0 aliphatic heterocycles. The first-order chi connectivity index (χ1) is 15.3. The Kier molecular flexibility index (Phi) is 7.70. The first-order valence-electron chi connectivity index (χ1n) is 10.2. The summed E-state index contributed by atoms with van der Waals surface area (Å²) < 4.78 is 6.69. The molecule has 1 amide bonds. The van der Waals surface area contributed by atoms with Gasteiger partial charge in [-0.1, -0.05) is 47.5 Å². The highest BCUT2D eigenvalue weighted by Crippen LogP contribution is 2.30. The number of rotatable bonds is 6. The summed E-state index contributed by atoms with van der Waals surface area (Å²) in [6, 6.07) is 19.9. The molecule has 3 aromatic rings. The maximum Gasteiger partial charge on any atom is 0.266 e. The molecule has 0 aliphatic rings. The van der Waals surface area contributed by atoms with E-state index in [0.29, 0.717) is 5.69 Å². The van der Waals surface area contributed by atoms with Crippen molar-refractivity contribution in [3.8, 4) is 11.8 Å². The van der Waals surface area contributed by atoms with E-state index in [4.69, 9.17) is 4.74 Å². The number of hydrogen-bond acceptors (Lipinski definition) is 3. The molecule has 0 heterocycles. The Morgan fingerprint density at radius 2 is 1.78 bits per heavy atom. The fraction of sp³-hybridized carbons (Fsp3) is 0.185. The molecule has 162 valence electrons. The van der Waals surface area contributed by atoms with Crippen LogP contribution in [0.15, 0.2) is 60.2 Å². The van der Waals surface area contributed by atoms with Crippen LogP contribution in [0.4, 0.5) is 5.69 Å². The fourth-order valence-corrected chi connectivity index (χ4v) is 4.48. The van der Waals surface area contributed by atoms with Crippen LogP contribution < -0.4 is 10.1 Å². The number of anilines is 1. The van der Waals surface area contributed by atoms with E-state index in [9.17, 15) is 10.1 Å². The summed E-state index contributed by atoms with van der Waals surface area (Å²) in [5, 5.41) is 12.4. The first-order valence-corrected chi connectivity index (χ1v) is 11.3. The van der Waals surface area contributed by atoms with E-state index in [1.807, 2.05) is 49.4 Å². The Balaban J connectivity index is 1.91. The zero-order valence-electron chi connectivity index (χ0n) is 18.6. The Labute approximate surface area is 203 Å². The van der Waals surface area contributed by atoms with Crippen LogP contribution >= 0.6 is 22.6 Å². The van der Waals surface area contributed by atoms with Gasteiger partial charge in [-0.3, -0.25) is 4.79 Å². The van der Waals surface area contributed by atoms with Crippen LogP contribution in [0, 0.1) is 35.7 Å². The topological polar surface area (TPSA) is 62.1 Å². The van der Waals surface area contributed by atoms with Crippen LogP contribution in [0.25, 0.3) is 6.08 Å². The molecule has 0 saturated heterocycles. The van der Waals surface area contributed by atoms with E-state index < -0.39 is 5.91 Å². The highest BCUT2D eigenvalue weighted by Gasteiger charge is 2.14. The van der Waals surface area contributed by atoms with Crippen LogP contribution in [0.2, 0.25) is 0 Å². The number of aryl methyl sites for hydroxylation is 3. The molecule has 5 heteroatoms. The number of ether oxygens (including phenoxy) is 1. The molecule has 3 rings (SSSR count). The van der Waals surface area contributed by atoms with Gasteiger partial charge < -0.3 is 10.1 Å². The number of benzene rings is 3. The van der Waals surface area contributed by atoms with Crippen molar-refractivity contribution in [2.24, 2.45) is 0 Å². The van der Waals surface area contributed by atoms with E-state index in [1.165, 1.54) is 16.7 Å². The van der Waals surface area contributed by atoms with Gasteiger partial charge >= 0.3 is 0 Å². The molecular formula is C27H25IN2O2. The van der Waals surface area contributed by atoms with Crippen molar-refractivity contribution in [2.75, 3.05) is 12.4 Å². The lowest BCUT2D eigenvalue weighted by atomic mass is 9.98. The van der Waals surface area contributed by atoms with Crippen LogP contribution in [0.3, 0.4) is 0 Å². The Morgan fingerprint density at radius 3 is 2.41 bits per heavy atom. The van der Waals surface area contributed by atoms with Gasteiger partial charge in [0.15, 0.2) is 0 Å². The minimum absolute atomic E-state index is 0.0353. The van der Waals surface area contributed by atoms with E-state index >= 15 is 0 Å². The van der Waals surface area contributed by atoms with Crippen molar-refractivity contribution < 1.29 is 9.53 Å². The first kappa shape index (κ1) is 23.6. The molecule has 0 saturated carbocycles. The zero-order valence-corrected chi connectivity index (χ0v) is 20.8. The Morgan fingerprint density at radius 1 is 1.09 bits per heavy atom. The number of para-hydroxylation sites is 1. The van der Waals surface area contributed by atoms with E-state index in [2.05, 4.69) is 60.0 Å². The number of nitrogens with zero attached hydrogens (tertiary/aromatic N) is 1. The summed E-state index contributed by atoms with van der Waals surface area (Å²) in [4.78, 5) is 12.7. The molecule has 0 unspecified atom stereocenters. The largest absolute Gasteiger partial charge is 0.496 e. The standard InChI is InChI=1S/C27H25IN2O2/c1-17-9-18(2)11-20(10-17)13-23-24(28)14-21(15-26(23)32-4)12-22(16-29)27(31)30-25-8-6-5-7-19(25)3/h5-12,14-15H,13H2,1-4H3,(H,30,31)/b22-12+. The molecule has 1 N–H and O–H groups in total. The number of amides is 1. The number of carbonyl (C=O) groups is 1. The molecule has 0 aromatic heterocycles. The molecule has 0 bridgehead atoms. The van der Waals surface area contributed by atoms with E-state index in [-0.39, 0.29) is 5.57 Å². The molecular weight excluding hydrogens is 511 g/mol. The molecule has 0 radical (unpaired) electrons. The van der Waals surface area contributed by atoms with Gasteiger partial charge in [-0.15, -0.1) is 0 Å². The normalized spacial score (nSPS) is 11.1. The minimum Gasteiger partial charge on any atom is -0.496 e. The lowest BCUT2D eigenvalue weighted by molar-refractivity contribution is -0.112. The number of methoxy groups -OCH3 is 1. The van der Waals surface area contributed by atoms with Gasteiger partial charge in [-0.05, 0) is 84.3 Å². The summed E-state index contributed by atoms with van der Waals surface area (Å²) >= 11 is 2.29. The van der Waals surface area contributed by atoms with Gasteiger partial charge in [-0.25, -0.2) is 0 Å². The summed E-state index contributed by atoms with van der Waals surface area (Å²) in [5.74, 6) is 0.300. The van der Waals surface area contributed by atoms with Crippen molar-refractivity contribution in [3.05, 3.63) is 97.1 Å². The molecule has 0 atom stereocenters. The zero-order chi connectivity index (χ0) is 23.3. The molecule has 0 spiro atoms. The summed E-state index contributed by atoms with van der Waals surface area (Å²) in [6.45, 7) is 6.10. The maximum absolute atomic E-state index is 12.7. The van der Waals surface area contributed by atoms with Gasteiger partial charge in [-0.2, -0.15) is 5.26 Å². The second kappa shape index (κ2) is 10.5. The van der Waals surface area contributed by atoms with Gasteiger partial charge in [0.1, 0.15) is 17.4 Å². The number of nitriles is 1. The third kappa shape index (κ3) is 5.77. The fourth-order valence-electron chi connectivity index (χ4n) is 3.66. The summed E-state index contributed by atoms with van der Waals surface area (Å²) in [7, 11) is 1.64. The van der Waals surface area contributed by atoms with Crippen LogP contribution in [0.1, 0.15) is 33.4 Å². The minimum atomic E-state index is -0.435. The maximum atomic E-state index is 12.7. The molecule has 3 aromatic carbocycles. The van der Waals surface area contributed by atoms with Crippen molar-refractivity contribution in [1.29, 1.82) is 5.26 Å². The monoisotopic (exact) mass is 536 g/mol. The summed E-state index contributed by atoms with van der Waals surface area (Å²) in [5.41, 5.74) is 7.16. The second-order valence-electron chi connectivity index (χ2n) is 7.80. The lowest BCUT2D eigenvalue weighted by Gasteiger charge is -2.14. The number of halogens is 1.